The lowest BCUT2D eigenvalue weighted by Gasteiger charge is -2.29. The summed E-state index contributed by atoms with van der Waals surface area (Å²) in [5.74, 6) is -0.0510. The number of hydrogen-bond donors (Lipinski definition) is 0. The normalized spacial score (nSPS) is 23.5. The first-order chi connectivity index (χ1) is 13.3. The maximum Gasteiger partial charge on any atom is 0.419 e. The van der Waals surface area contributed by atoms with Gasteiger partial charge in [0.15, 0.2) is 5.58 Å². The topological polar surface area (TPSA) is 69.3 Å². The van der Waals surface area contributed by atoms with Crippen LogP contribution in [0.4, 0.5) is 0 Å². The number of carbonyl (C=O) groups is 2. The number of Topliss-reactive ketones (excluding diaryl/α,β-unsaturated/α-hetero) is 2. The fraction of sp³-hybridized carbons (Fsp3) is 0.625. The summed E-state index contributed by atoms with van der Waals surface area (Å²) in [6.07, 6.45) is 0.922. The van der Waals surface area contributed by atoms with Gasteiger partial charge in [0, 0.05) is 30.2 Å². The fourth-order valence-electron chi connectivity index (χ4n) is 5.20. The molecule has 29 heavy (non-hydrogen) atoms. The summed E-state index contributed by atoms with van der Waals surface area (Å²) in [5.41, 5.74) is 0.379. The lowest BCUT2D eigenvalue weighted by molar-refractivity contribution is -0.129. The third-order valence-electron chi connectivity index (χ3n) is 7.30. The van der Waals surface area contributed by atoms with Gasteiger partial charge < -0.3 is 4.42 Å². The van der Waals surface area contributed by atoms with Gasteiger partial charge in [0.25, 0.3) is 0 Å². The maximum absolute atomic E-state index is 13.1. The number of para-hydroxylation sites is 2. The van der Waals surface area contributed by atoms with Gasteiger partial charge >= 0.3 is 5.76 Å². The van der Waals surface area contributed by atoms with Crippen LogP contribution >= 0.6 is 0 Å². The number of hydrogen-bond acceptors (Lipinski definition) is 4. The second-order valence-electron chi connectivity index (χ2n) is 10.4. The Kier molecular flexibility index (Phi) is 5.17. The first kappa shape index (κ1) is 21.5. The summed E-state index contributed by atoms with van der Waals surface area (Å²) in [6.45, 7) is 14.5. The average molecular weight is 400 g/mol. The average Bonchev–Trinajstić information content (AvgIpc) is 2.88. The highest BCUT2D eigenvalue weighted by atomic mass is 16.4. The number of rotatable bonds is 8. The van der Waals surface area contributed by atoms with Crippen molar-refractivity contribution in [1.82, 2.24) is 4.57 Å². The van der Waals surface area contributed by atoms with Crippen molar-refractivity contribution >= 4 is 22.7 Å². The highest BCUT2D eigenvalue weighted by molar-refractivity contribution is 5.89. The van der Waals surface area contributed by atoms with Crippen LogP contribution in [0.5, 0.6) is 0 Å². The van der Waals surface area contributed by atoms with E-state index in [2.05, 4.69) is 20.8 Å². The maximum atomic E-state index is 13.1. The molecule has 1 aliphatic rings. The van der Waals surface area contributed by atoms with Crippen molar-refractivity contribution in [3.05, 3.63) is 34.8 Å². The molecular formula is C24H33NO4. The number of carbonyl (C=O) groups excluding carboxylic acids is 2. The van der Waals surface area contributed by atoms with Crippen LogP contribution in [-0.2, 0) is 16.1 Å². The van der Waals surface area contributed by atoms with Gasteiger partial charge in [-0.3, -0.25) is 14.2 Å². The van der Waals surface area contributed by atoms with E-state index in [1.165, 1.54) is 4.57 Å². The minimum atomic E-state index is -0.568. The van der Waals surface area contributed by atoms with Crippen molar-refractivity contribution in [3.63, 3.8) is 0 Å². The van der Waals surface area contributed by atoms with Crippen molar-refractivity contribution in [2.75, 3.05) is 0 Å². The van der Waals surface area contributed by atoms with Gasteiger partial charge in [0.05, 0.1) is 5.52 Å². The summed E-state index contributed by atoms with van der Waals surface area (Å²) >= 11 is 0. The van der Waals surface area contributed by atoms with Gasteiger partial charge in [-0.1, -0.05) is 60.6 Å². The molecule has 2 atom stereocenters. The van der Waals surface area contributed by atoms with Crippen molar-refractivity contribution in [2.45, 2.75) is 67.9 Å². The molecule has 0 N–H and O–H groups in total. The van der Waals surface area contributed by atoms with Crippen LogP contribution in [0, 0.1) is 28.1 Å². The zero-order valence-electron chi connectivity index (χ0n) is 18.7. The third kappa shape index (κ3) is 3.49. The van der Waals surface area contributed by atoms with Crippen LogP contribution in [0.15, 0.2) is 33.5 Å². The van der Waals surface area contributed by atoms with E-state index in [9.17, 15) is 14.4 Å². The number of benzene rings is 1. The number of ketones is 2. The molecule has 5 nitrogen and oxygen atoms in total. The van der Waals surface area contributed by atoms with Crippen molar-refractivity contribution in [1.29, 1.82) is 0 Å². The molecule has 1 aliphatic carbocycles. The highest BCUT2D eigenvalue weighted by Gasteiger charge is 2.71. The SMILES string of the molecule is CC(C)C(=O)C1C(C)(C)C1(C)CC(C)(C)C(=O)CCn1c(=O)oc2ccccc21. The van der Waals surface area contributed by atoms with E-state index in [0.717, 1.165) is 0 Å². The first-order valence-electron chi connectivity index (χ1n) is 10.5. The number of oxazole rings is 1. The van der Waals surface area contributed by atoms with Gasteiger partial charge in [-0.25, -0.2) is 4.79 Å². The summed E-state index contributed by atoms with van der Waals surface area (Å²) in [6, 6.07) is 7.24. The summed E-state index contributed by atoms with van der Waals surface area (Å²) in [5, 5.41) is 0. The Morgan fingerprint density at radius 2 is 1.79 bits per heavy atom. The molecule has 2 unspecified atom stereocenters. The van der Waals surface area contributed by atoms with Crippen molar-refractivity contribution in [3.8, 4) is 0 Å². The summed E-state index contributed by atoms with van der Waals surface area (Å²) < 4.78 is 6.78. The molecule has 0 amide bonds. The smallest absolute Gasteiger partial charge is 0.408 e. The predicted octanol–water partition coefficient (Wildman–Crippen LogP) is 4.86. The standard InChI is InChI=1S/C24H33NO4/c1-15(2)19(27)20-23(5,6)24(20,7)14-22(3,4)18(26)12-13-25-16-10-8-9-11-17(16)29-21(25)28/h8-11,15,20H,12-14H2,1-7H3. The van der Waals surface area contributed by atoms with Gasteiger partial charge in [0.2, 0.25) is 0 Å². The van der Waals surface area contributed by atoms with E-state index >= 15 is 0 Å². The predicted molar refractivity (Wildman–Crippen MR) is 114 cm³/mol. The number of nitrogens with zero attached hydrogens (tertiary/aromatic N) is 1. The first-order valence-corrected chi connectivity index (χ1v) is 10.5. The molecule has 5 heteroatoms. The highest BCUT2D eigenvalue weighted by Crippen LogP contribution is 2.73. The Morgan fingerprint density at radius 1 is 1.17 bits per heavy atom. The molecule has 158 valence electrons. The van der Waals surface area contributed by atoms with Gasteiger partial charge in [-0.05, 0) is 29.4 Å². The molecule has 1 aromatic heterocycles. The van der Waals surface area contributed by atoms with Crippen LogP contribution in [0.1, 0.15) is 61.3 Å². The molecule has 0 bridgehead atoms. The Labute approximate surface area is 172 Å². The number of fused-ring (bicyclic) bond motifs is 1. The summed E-state index contributed by atoms with van der Waals surface area (Å²) in [4.78, 5) is 38.0. The van der Waals surface area contributed by atoms with E-state index in [1.807, 2.05) is 45.9 Å². The monoisotopic (exact) mass is 399 g/mol. The van der Waals surface area contributed by atoms with E-state index in [-0.39, 0.29) is 40.7 Å². The van der Waals surface area contributed by atoms with Crippen LogP contribution in [-0.4, -0.2) is 16.1 Å². The molecule has 0 radical (unpaired) electrons. The molecule has 2 aromatic rings. The number of aromatic nitrogens is 1. The lowest BCUT2D eigenvalue weighted by atomic mass is 9.74. The van der Waals surface area contributed by atoms with E-state index in [4.69, 9.17) is 4.42 Å². The molecule has 1 heterocycles. The third-order valence-corrected chi connectivity index (χ3v) is 7.30. The molecule has 1 fully saturated rings. The largest absolute Gasteiger partial charge is 0.419 e. The van der Waals surface area contributed by atoms with Crippen LogP contribution in [0.3, 0.4) is 0 Å². The van der Waals surface area contributed by atoms with E-state index in [0.29, 0.717) is 24.1 Å². The molecule has 0 aliphatic heterocycles. The molecular weight excluding hydrogens is 366 g/mol. The molecule has 0 saturated heterocycles. The zero-order chi connectivity index (χ0) is 21.8. The molecule has 0 spiro atoms. The minimum absolute atomic E-state index is 0.00107. The fourth-order valence-corrected chi connectivity index (χ4v) is 5.20. The van der Waals surface area contributed by atoms with Crippen molar-refractivity contribution in [2.24, 2.45) is 28.1 Å². The van der Waals surface area contributed by atoms with Gasteiger partial charge in [0.1, 0.15) is 11.6 Å². The number of aryl methyl sites for hydroxylation is 1. The Bertz CT molecular complexity index is 1010. The van der Waals surface area contributed by atoms with Crippen LogP contribution in [0.2, 0.25) is 0 Å². The van der Waals surface area contributed by atoms with Crippen LogP contribution in [0.25, 0.3) is 11.1 Å². The van der Waals surface area contributed by atoms with Crippen LogP contribution < -0.4 is 5.76 Å². The Hall–Kier alpha value is -2.17. The Balaban J connectivity index is 1.73. The molecule has 1 aromatic carbocycles. The minimum Gasteiger partial charge on any atom is -0.408 e. The lowest BCUT2D eigenvalue weighted by Crippen LogP contribution is -2.30. The second-order valence-corrected chi connectivity index (χ2v) is 10.4. The Morgan fingerprint density at radius 3 is 2.41 bits per heavy atom. The van der Waals surface area contributed by atoms with E-state index in [1.54, 1.807) is 6.07 Å². The second kappa shape index (κ2) is 6.96. The zero-order valence-corrected chi connectivity index (χ0v) is 18.7. The quantitative estimate of drug-likeness (QED) is 0.636. The molecule has 3 rings (SSSR count). The van der Waals surface area contributed by atoms with Crippen molar-refractivity contribution < 1.29 is 14.0 Å². The van der Waals surface area contributed by atoms with Gasteiger partial charge in [-0.2, -0.15) is 0 Å². The summed E-state index contributed by atoms with van der Waals surface area (Å²) in [7, 11) is 0. The van der Waals surface area contributed by atoms with Gasteiger partial charge in [-0.15, -0.1) is 0 Å². The van der Waals surface area contributed by atoms with E-state index < -0.39 is 11.2 Å². The molecule has 1 saturated carbocycles.